The van der Waals surface area contributed by atoms with Crippen LogP contribution in [-0.2, 0) is 6.42 Å². The van der Waals surface area contributed by atoms with Crippen molar-refractivity contribution in [3.05, 3.63) is 53.5 Å². The zero-order valence-corrected chi connectivity index (χ0v) is 18.4. The normalized spacial score (nSPS) is 16.4. The van der Waals surface area contributed by atoms with Crippen LogP contribution in [0.15, 0.2) is 47.9 Å². The van der Waals surface area contributed by atoms with Gasteiger partial charge in [-0.05, 0) is 43.4 Å². The van der Waals surface area contributed by atoms with Crippen LogP contribution in [0.25, 0.3) is 0 Å². The van der Waals surface area contributed by atoms with Crippen LogP contribution in [0.5, 0.6) is 5.75 Å². The van der Waals surface area contributed by atoms with E-state index in [9.17, 15) is 8.96 Å². The molecule has 0 fully saturated rings. The summed E-state index contributed by atoms with van der Waals surface area (Å²) in [6, 6.07) is 6.75. The Morgan fingerprint density at radius 1 is 1.37 bits per heavy atom. The van der Waals surface area contributed by atoms with Gasteiger partial charge in [0.2, 0.25) is 5.51 Å². The minimum absolute atomic E-state index is 0.0103. The van der Waals surface area contributed by atoms with E-state index in [-0.39, 0.29) is 18.5 Å². The van der Waals surface area contributed by atoms with Gasteiger partial charge in [0.05, 0.1) is 11.4 Å². The summed E-state index contributed by atoms with van der Waals surface area (Å²) in [5.41, 5.74) is 2.61. The quantitative estimate of drug-likeness (QED) is 0.392. The first-order valence-corrected chi connectivity index (χ1v) is 10.4. The number of halogens is 2. The summed E-state index contributed by atoms with van der Waals surface area (Å²) < 4.78 is 24.8. The standard InChI is InChI=1S/C22H34F2N4O2/c1-16(2)10-12-27-21(15-19-8-6-9-20(14-19)30-28(23)24)25-17(3)22(27)18(4)26(5)11-7-13-29/h6,8-9,14,16,21,25,29H,4,7,10-13,15H2,1-3,5H3. The Labute approximate surface area is 178 Å². The molecule has 0 spiro atoms. The van der Waals surface area contributed by atoms with E-state index in [0.717, 1.165) is 42.2 Å². The van der Waals surface area contributed by atoms with Crippen molar-refractivity contribution in [1.82, 2.24) is 20.6 Å². The van der Waals surface area contributed by atoms with E-state index >= 15 is 0 Å². The highest BCUT2D eigenvalue weighted by Crippen LogP contribution is 2.30. The lowest BCUT2D eigenvalue weighted by Crippen LogP contribution is -2.41. The van der Waals surface area contributed by atoms with Crippen LogP contribution in [0.2, 0.25) is 0 Å². The van der Waals surface area contributed by atoms with Gasteiger partial charge in [0.1, 0.15) is 6.17 Å². The molecule has 0 saturated heterocycles. The van der Waals surface area contributed by atoms with Crippen LogP contribution < -0.4 is 10.2 Å². The summed E-state index contributed by atoms with van der Waals surface area (Å²) >= 11 is 0. The van der Waals surface area contributed by atoms with Gasteiger partial charge in [-0.1, -0.05) is 41.5 Å². The van der Waals surface area contributed by atoms with Crippen LogP contribution in [-0.4, -0.2) is 53.3 Å². The summed E-state index contributed by atoms with van der Waals surface area (Å²) in [5, 5.41) is 12.7. The Morgan fingerprint density at radius 3 is 2.73 bits per heavy atom. The second-order valence-corrected chi connectivity index (χ2v) is 8.10. The van der Waals surface area contributed by atoms with E-state index in [0.29, 0.717) is 18.8 Å². The van der Waals surface area contributed by atoms with Crippen LogP contribution in [0.1, 0.15) is 39.2 Å². The first kappa shape index (κ1) is 24.0. The second kappa shape index (κ2) is 11.2. The fourth-order valence-corrected chi connectivity index (χ4v) is 3.63. The highest BCUT2D eigenvalue weighted by molar-refractivity contribution is 5.36. The molecule has 1 aliphatic rings. The Kier molecular flexibility index (Phi) is 8.92. The summed E-state index contributed by atoms with van der Waals surface area (Å²) in [4.78, 5) is 8.77. The van der Waals surface area contributed by atoms with Crippen LogP contribution in [0, 0.1) is 5.92 Å². The molecular weight excluding hydrogens is 390 g/mol. The molecule has 0 radical (unpaired) electrons. The van der Waals surface area contributed by atoms with Crippen molar-refractivity contribution < 1.29 is 18.9 Å². The van der Waals surface area contributed by atoms with Crippen molar-refractivity contribution >= 4 is 0 Å². The first-order valence-electron chi connectivity index (χ1n) is 10.4. The number of hydrogen-bond acceptors (Lipinski definition) is 6. The number of aliphatic hydroxyl groups is 1. The lowest BCUT2D eigenvalue weighted by atomic mass is 10.1. The van der Waals surface area contributed by atoms with Gasteiger partial charge in [-0.25, -0.2) is 0 Å². The van der Waals surface area contributed by atoms with E-state index in [1.165, 1.54) is 6.07 Å². The van der Waals surface area contributed by atoms with Crippen molar-refractivity contribution in [2.45, 2.75) is 46.2 Å². The van der Waals surface area contributed by atoms with E-state index in [2.05, 4.69) is 40.4 Å². The van der Waals surface area contributed by atoms with Crippen molar-refractivity contribution in [2.75, 3.05) is 26.7 Å². The molecule has 1 aromatic rings. The number of likely N-dealkylation sites (N-methyl/N-ethyl adjacent to an activating group) is 1. The highest BCUT2D eigenvalue weighted by Gasteiger charge is 2.31. The van der Waals surface area contributed by atoms with Crippen LogP contribution in [0.3, 0.4) is 0 Å². The molecule has 0 saturated carbocycles. The van der Waals surface area contributed by atoms with Gasteiger partial charge in [0.15, 0.2) is 5.75 Å². The molecule has 1 heterocycles. The Bertz CT molecular complexity index is 740. The number of aliphatic hydroxyl groups excluding tert-OH is 1. The maximum atomic E-state index is 12.4. The molecule has 1 aromatic carbocycles. The third kappa shape index (κ3) is 6.60. The Hall–Kier alpha value is -2.32. The highest BCUT2D eigenvalue weighted by atomic mass is 19.4. The van der Waals surface area contributed by atoms with Gasteiger partial charge in [-0.15, -0.1) is 0 Å². The molecule has 1 atom stereocenters. The fourth-order valence-electron chi connectivity index (χ4n) is 3.63. The van der Waals surface area contributed by atoms with Crippen molar-refractivity contribution in [2.24, 2.45) is 5.92 Å². The third-order valence-corrected chi connectivity index (χ3v) is 5.24. The predicted octanol–water partition coefficient (Wildman–Crippen LogP) is 3.93. The van der Waals surface area contributed by atoms with Gasteiger partial charge < -0.3 is 25.1 Å². The van der Waals surface area contributed by atoms with E-state index < -0.39 is 5.51 Å². The number of nitrogens with one attached hydrogen (secondary N) is 1. The van der Waals surface area contributed by atoms with Crippen molar-refractivity contribution in [1.29, 1.82) is 0 Å². The van der Waals surface area contributed by atoms with Gasteiger partial charge in [-0.2, -0.15) is 0 Å². The van der Waals surface area contributed by atoms with Crippen LogP contribution >= 0.6 is 0 Å². The molecule has 8 heteroatoms. The summed E-state index contributed by atoms with van der Waals surface area (Å²) in [5.74, 6) is 0.646. The smallest absolute Gasteiger partial charge is 0.210 e. The molecule has 30 heavy (non-hydrogen) atoms. The average molecular weight is 425 g/mol. The zero-order valence-electron chi connectivity index (χ0n) is 18.4. The SMILES string of the molecule is C=C(C1=C(C)NC(Cc2cccc(ON(F)F)c2)N1CCC(C)C)N(C)CCCO. The van der Waals surface area contributed by atoms with E-state index in [1.54, 1.807) is 12.1 Å². The van der Waals surface area contributed by atoms with E-state index in [4.69, 9.17) is 5.11 Å². The van der Waals surface area contributed by atoms with Gasteiger partial charge >= 0.3 is 0 Å². The summed E-state index contributed by atoms with van der Waals surface area (Å²) in [6.45, 7) is 12.4. The maximum absolute atomic E-state index is 12.4. The number of benzene rings is 1. The number of hydrogen-bond donors (Lipinski definition) is 2. The first-order chi connectivity index (χ1) is 14.2. The fraction of sp³-hybridized carbons (Fsp3) is 0.545. The molecule has 0 amide bonds. The summed E-state index contributed by atoms with van der Waals surface area (Å²) in [7, 11) is 1.98. The molecule has 2 rings (SSSR count). The minimum atomic E-state index is -1.29. The Morgan fingerprint density at radius 2 is 2.10 bits per heavy atom. The number of nitrogens with zero attached hydrogens (tertiary/aromatic N) is 3. The van der Waals surface area contributed by atoms with Gasteiger partial charge in [0, 0.05) is 38.9 Å². The van der Waals surface area contributed by atoms with Crippen molar-refractivity contribution in [3.63, 3.8) is 0 Å². The topological polar surface area (TPSA) is 51.2 Å². The lowest BCUT2D eigenvalue weighted by Gasteiger charge is -2.33. The van der Waals surface area contributed by atoms with Crippen molar-refractivity contribution in [3.8, 4) is 5.75 Å². The minimum Gasteiger partial charge on any atom is -0.396 e. The van der Waals surface area contributed by atoms with Crippen LogP contribution in [0.4, 0.5) is 8.96 Å². The monoisotopic (exact) mass is 424 g/mol. The third-order valence-electron chi connectivity index (χ3n) is 5.24. The molecule has 2 N–H and O–H groups in total. The summed E-state index contributed by atoms with van der Waals surface area (Å²) in [6.07, 6.45) is 2.31. The average Bonchev–Trinajstić information content (AvgIpc) is 2.98. The molecule has 0 aromatic heterocycles. The largest absolute Gasteiger partial charge is 0.396 e. The van der Waals surface area contributed by atoms with Gasteiger partial charge in [-0.3, -0.25) is 0 Å². The number of allylic oxidation sites excluding steroid dienone is 1. The Balaban J connectivity index is 2.20. The molecular formula is C22H34F2N4O2. The maximum Gasteiger partial charge on any atom is 0.210 e. The molecule has 1 aliphatic heterocycles. The van der Waals surface area contributed by atoms with Gasteiger partial charge in [0.25, 0.3) is 0 Å². The molecule has 0 aliphatic carbocycles. The van der Waals surface area contributed by atoms with E-state index in [1.807, 2.05) is 20.0 Å². The lowest BCUT2D eigenvalue weighted by molar-refractivity contribution is -0.337. The molecule has 1 unspecified atom stereocenters. The molecule has 6 nitrogen and oxygen atoms in total. The molecule has 168 valence electrons. The second-order valence-electron chi connectivity index (χ2n) is 8.10. The predicted molar refractivity (Wildman–Crippen MR) is 114 cm³/mol. The molecule has 0 bridgehead atoms. The number of rotatable bonds is 12. The zero-order chi connectivity index (χ0) is 22.3.